The van der Waals surface area contributed by atoms with Gasteiger partial charge in [0.2, 0.25) is 10.0 Å². The lowest BCUT2D eigenvalue weighted by Crippen LogP contribution is -2.34. The predicted molar refractivity (Wildman–Crippen MR) is 83.9 cm³/mol. The van der Waals surface area contributed by atoms with Gasteiger partial charge in [0.1, 0.15) is 9.71 Å². The molecule has 0 aromatic carbocycles. The number of nitrogens with two attached hydrogens (primary N) is 1. The van der Waals surface area contributed by atoms with Crippen molar-refractivity contribution >= 4 is 43.2 Å². The van der Waals surface area contributed by atoms with Crippen LogP contribution < -0.4 is 15.8 Å². The molecule has 0 atom stereocenters. The van der Waals surface area contributed by atoms with E-state index in [9.17, 15) is 13.2 Å². The molecule has 0 radical (unpaired) electrons. The van der Waals surface area contributed by atoms with E-state index in [1.807, 2.05) is 19.1 Å². The Morgan fingerprint density at radius 3 is 2.76 bits per heavy atom. The molecule has 0 saturated heterocycles. The minimum absolute atomic E-state index is 0.132. The maximum atomic E-state index is 12.1. The number of hydrogen-bond acceptors (Lipinski definition) is 6. The van der Waals surface area contributed by atoms with Crippen molar-refractivity contribution in [1.29, 1.82) is 0 Å². The van der Waals surface area contributed by atoms with Crippen molar-refractivity contribution < 1.29 is 13.2 Å². The van der Waals surface area contributed by atoms with Gasteiger partial charge in [-0.15, -0.1) is 11.3 Å². The molecule has 0 aliphatic heterocycles. The van der Waals surface area contributed by atoms with Gasteiger partial charge in [-0.3, -0.25) is 4.79 Å². The van der Waals surface area contributed by atoms with Gasteiger partial charge in [-0.2, -0.15) is 0 Å². The van der Waals surface area contributed by atoms with E-state index < -0.39 is 10.0 Å². The number of nitrogens with zero attached hydrogens (tertiary/aromatic N) is 1. The maximum Gasteiger partial charge on any atom is 0.263 e. The number of amides is 1. The summed E-state index contributed by atoms with van der Waals surface area (Å²) in [6.07, 6.45) is 1.06. The van der Waals surface area contributed by atoms with Crippen molar-refractivity contribution in [2.45, 2.75) is 6.92 Å². The molecule has 4 N–H and O–H groups in total. The average Bonchev–Trinajstić information content (AvgIpc) is 2.70. The van der Waals surface area contributed by atoms with Crippen LogP contribution in [0.2, 0.25) is 0 Å². The summed E-state index contributed by atoms with van der Waals surface area (Å²) in [7, 11) is -3.25. The predicted octanol–water partition coefficient (Wildman–Crippen LogP) is 0.466. The molecule has 114 valence electrons. The molecule has 7 nitrogen and oxygen atoms in total. The van der Waals surface area contributed by atoms with E-state index >= 15 is 0 Å². The van der Waals surface area contributed by atoms with E-state index in [0.29, 0.717) is 15.4 Å². The largest absolute Gasteiger partial charge is 0.397 e. The summed E-state index contributed by atoms with van der Waals surface area (Å²) in [5, 5.41) is 3.38. The summed E-state index contributed by atoms with van der Waals surface area (Å²) in [6, 6.07) is 3.68. The van der Waals surface area contributed by atoms with Gasteiger partial charge in [0.05, 0.1) is 11.9 Å². The number of aryl methyl sites for hydroxylation is 1. The first-order valence-corrected chi connectivity index (χ1v) is 8.87. The van der Waals surface area contributed by atoms with Crippen molar-refractivity contribution in [1.82, 2.24) is 15.0 Å². The Morgan fingerprint density at radius 1 is 1.38 bits per heavy atom. The number of nitrogen functional groups attached to an aromatic ring is 1. The van der Waals surface area contributed by atoms with E-state index in [0.717, 1.165) is 17.3 Å². The summed E-state index contributed by atoms with van der Waals surface area (Å²) < 4.78 is 24.1. The lowest BCUT2D eigenvalue weighted by Gasteiger charge is -2.04. The summed E-state index contributed by atoms with van der Waals surface area (Å²) in [5.41, 5.74) is 7.22. The van der Waals surface area contributed by atoms with Gasteiger partial charge < -0.3 is 11.1 Å². The van der Waals surface area contributed by atoms with Crippen LogP contribution in [0.3, 0.4) is 0 Å². The molecule has 0 spiro atoms. The number of hydrogen-bond donors (Lipinski definition) is 3. The lowest BCUT2D eigenvalue weighted by molar-refractivity contribution is 0.0959. The number of thiophene rings is 1. The first-order chi connectivity index (χ1) is 9.78. The van der Waals surface area contributed by atoms with E-state index in [-0.39, 0.29) is 19.0 Å². The number of nitrogens with one attached hydrogen (secondary N) is 2. The zero-order chi connectivity index (χ0) is 15.6. The average molecular weight is 328 g/mol. The monoisotopic (exact) mass is 328 g/mol. The van der Waals surface area contributed by atoms with Crippen LogP contribution in [-0.4, -0.2) is 38.7 Å². The van der Waals surface area contributed by atoms with Crippen molar-refractivity contribution in [3.05, 3.63) is 22.7 Å². The Balaban J connectivity index is 2.07. The zero-order valence-electron chi connectivity index (χ0n) is 11.6. The molecule has 0 bridgehead atoms. The number of carbonyl (C=O) groups is 1. The molecule has 2 aromatic rings. The van der Waals surface area contributed by atoms with Crippen LogP contribution >= 0.6 is 11.3 Å². The van der Waals surface area contributed by atoms with E-state index in [4.69, 9.17) is 5.73 Å². The van der Waals surface area contributed by atoms with Gasteiger partial charge in [-0.05, 0) is 19.1 Å². The minimum atomic E-state index is -3.25. The fraction of sp³-hybridized carbons (Fsp3) is 0.333. The standard InChI is InChI=1S/C12H16N4O3S2/c1-7-3-4-8-9(13)10(20-12(8)16-7)11(17)14-5-6-15-21(2,18)19/h3-4,15H,5-6,13H2,1-2H3,(H,14,17). The zero-order valence-corrected chi connectivity index (χ0v) is 13.3. The first-order valence-electron chi connectivity index (χ1n) is 6.16. The van der Waals surface area contributed by atoms with Crippen LogP contribution in [0.25, 0.3) is 10.2 Å². The molecule has 9 heteroatoms. The second-order valence-corrected chi connectivity index (χ2v) is 7.40. The molecule has 0 aliphatic rings. The van der Waals surface area contributed by atoms with Gasteiger partial charge in [0.15, 0.2) is 0 Å². The highest BCUT2D eigenvalue weighted by atomic mass is 32.2. The Kier molecular flexibility index (Phi) is 4.45. The van der Waals surface area contributed by atoms with Crippen LogP contribution in [-0.2, 0) is 10.0 Å². The third kappa shape index (κ3) is 3.90. The van der Waals surface area contributed by atoms with Crippen LogP contribution in [0.5, 0.6) is 0 Å². The maximum absolute atomic E-state index is 12.1. The molecule has 2 aromatic heterocycles. The minimum Gasteiger partial charge on any atom is -0.397 e. The van der Waals surface area contributed by atoms with Crippen LogP contribution in [0, 0.1) is 6.92 Å². The number of carbonyl (C=O) groups excluding carboxylic acids is 1. The van der Waals surface area contributed by atoms with Gasteiger partial charge in [-0.25, -0.2) is 18.1 Å². The van der Waals surface area contributed by atoms with Crippen molar-refractivity contribution in [3.8, 4) is 0 Å². The second kappa shape index (κ2) is 5.96. The fourth-order valence-corrected chi connectivity index (χ4v) is 3.28. The molecule has 21 heavy (non-hydrogen) atoms. The molecule has 0 fully saturated rings. The number of pyridine rings is 1. The molecular formula is C12H16N4O3S2. The highest BCUT2D eigenvalue weighted by Gasteiger charge is 2.16. The fourth-order valence-electron chi connectivity index (χ4n) is 1.75. The number of fused-ring (bicyclic) bond motifs is 1. The summed E-state index contributed by atoms with van der Waals surface area (Å²) in [6.45, 7) is 2.19. The Labute approximate surface area is 126 Å². The van der Waals surface area contributed by atoms with Crippen molar-refractivity contribution in [2.75, 3.05) is 25.1 Å². The van der Waals surface area contributed by atoms with Crippen LogP contribution in [0.4, 0.5) is 5.69 Å². The molecule has 0 saturated carbocycles. The first kappa shape index (κ1) is 15.7. The Morgan fingerprint density at radius 2 is 2.10 bits per heavy atom. The number of aromatic nitrogens is 1. The van der Waals surface area contributed by atoms with E-state index in [2.05, 4.69) is 15.0 Å². The summed E-state index contributed by atoms with van der Waals surface area (Å²) in [4.78, 5) is 17.5. The van der Waals surface area contributed by atoms with E-state index in [1.54, 1.807) is 0 Å². The molecule has 2 heterocycles. The van der Waals surface area contributed by atoms with Gasteiger partial charge in [-0.1, -0.05) is 0 Å². The van der Waals surface area contributed by atoms with Crippen molar-refractivity contribution in [2.24, 2.45) is 0 Å². The molecular weight excluding hydrogens is 312 g/mol. The third-order valence-corrected chi connectivity index (χ3v) is 4.56. The number of anilines is 1. The van der Waals surface area contributed by atoms with Gasteiger partial charge in [0.25, 0.3) is 5.91 Å². The third-order valence-electron chi connectivity index (χ3n) is 2.71. The topological polar surface area (TPSA) is 114 Å². The van der Waals surface area contributed by atoms with Crippen molar-refractivity contribution in [3.63, 3.8) is 0 Å². The summed E-state index contributed by atoms with van der Waals surface area (Å²) in [5.74, 6) is -0.330. The number of sulfonamides is 1. The Hall–Kier alpha value is -1.71. The molecule has 0 aliphatic carbocycles. The Bertz CT molecular complexity index is 783. The number of rotatable bonds is 5. The molecule has 2 rings (SSSR count). The SMILES string of the molecule is Cc1ccc2c(N)c(C(=O)NCCNS(C)(=O)=O)sc2n1. The van der Waals surface area contributed by atoms with Gasteiger partial charge in [0, 0.05) is 24.2 Å². The normalized spacial score (nSPS) is 11.7. The smallest absolute Gasteiger partial charge is 0.263 e. The van der Waals surface area contributed by atoms with Crippen LogP contribution in [0.15, 0.2) is 12.1 Å². The highest BCUT2D eigenvalue weighted by Crippen LogP contribution is 2.32. The second-order valence-electron chi connectivity index (χ2n) is 4.57. The lowest BCUT2D eigenvalue weighted by atomic mass is 10.2. The summed E-state index contributed by atoms with van der Waals surface area (Å²) >= 11 is 1.22. The van der Waals surface area contributed by atoms with Crippen LogP contribution in [0.1, 0.15) is 15.4 Å². The highest BCUT2D eigenvalue weighted by molar-refractivity contribution is 7.88. The quantitative estimate of drug-likeness (QED) is 0.690. The van der Waals surface area contributed by atoms with Gasteiger partial charge >= 0.3 is 0 Å². The van der Waals surface area contributed by atoms with E-state index in [1.165, 1.54) is 11.3 Å². The molecule has 1 amide bonds. The molecule has 0 unspecified atom stereocenters.